The van der Waals surface area contributed by atoms with Gasteiger partial charge in [-0.15, -0.1) is 5.69 Å². The van der Waals surface area contributed by atoms with Crippen LogP contribution in [0.1, 0.15) is 17.1 Å². The van der Waals surface area contributed by atoms with Crippen LogP contribution >= 0.6 is 0 Å². The summed E-state index contributed by atoms with van der Waals surface area (Å²) in [4.78, 5) is 4.25. The molecule has 4 heteroatoms. The third-order valence-corrected chi connectivity index (χ3v) is 1.94. The van der Waals surface area contributed by atoms with Crippen molar-refractivity contribution in [1.29, 1.82) is 0 Å². The average molecular weight is 237 g/mol. The fourth-order valence-corrected chi connectivity index (χ4v) is 1.20. The van der Waals surface area contributed by atoms with E-state index in [9.17, 15) is 0 Å². The van der Waals surface area contributed by atoms with Crippen molar-refractivity contribution >= 4 is 5.65 Å². The molecule has 0 aliphatic heterocycles. The second kappa shape index (κ2) is 3.31. The minimum atomic E-state index is 0. The van der Waals surface area contributed by atoms with Crippen molar-refractivity contribution < 1.29 is 32.7 Å². The van der Waals surface area contributed by atoms with Crippen molar-refractivity contribution in [2.45, 2.75) is 20.8 Å². The number of rotatable bonds is 0. The number of hydrogen-bond acceptors (Lipinski definition) is 1. The van der Waals surface area contributed by atoms with Crippen molar-refractivity contribution in [2.75, 3.05) is 0 Å². The maximum absolute atomic E-state index is 4.25. The van der Waals surface area contributed by atoms with Gasteiger partial charge in [-0.05, 0) is 6.92 Å². The summed E-state index contributed by atoms with van der Waals surface area (Å²) < 4.78 is 1.95. The van der Waals surface area contributed by atoms with Gasteiger partial charge >= 0.3 is 0 Å². The van der Waals surface area contributed by atoms with Gasteiger partial charge in [-0.3, -0.25) is 5.10 Å². The van der Waals surface area contributed by atoms with E-state index in [0.717, 1.165) is 17.0 Å². The van der Waals surface area contributed by atoms with E-state index in [-0.39, 0.29) is 32.7 Å². The molecule has 0 aliphatic carbocycles. The molecule has 2 rings (SSSR count). The third-order valence-electron chi connectivity index (χ3n) is 1.94. The van der Waals surface area contributed by atoms with Crippen molar-refractivity contribution in [3.05, 3.63) is 23.1 Å². The molecule has 2 aromatic rings. The molecule has 12 heavy (non-hydrogen) atoms. The Morgan fingerprint density at radius 1 is 1.33 bits per heavy atom. The van der Waals surface area contributed by atoms with E-state index in [4.69, 9.17) is 0 Å². The molecule has 0 aliphatic rings. The molecular weight excluding hydrogens is 227 g/mol. The van der Waals surface area contributed by atoms with E-state index < -0.39 is 0 Å². The first-order valence-electron chi connectivity index (χ1n) is 3.62. The number of H-pyrrole nitrogens is 1. The van der Waals surface area contributed by atoms with Crippen LogP contribution in [0.2, 0.25) is 0 Å². The van der Waals surface area contributed by atoms with Crippen LogP contribution in [0.3, 0.4) is 0 Å². The first-order valence-corrected chi connectivity index (χ1v) is 3.62. The van der Waals surface area contributed by atoms with Crippen molar-refractivity contribution in [3.63, 3.8) is 0 Å². The molecule has 2 heterocycles. The SMILES string of the molecule is Cc1nc2[c-]c(C)c(C)n2[nH]1.[Y]. The van der Waals surface area contributed by atoms with Gasteiger partial charge in [-0.1, -0.05) is 13.8 Å². The van der Waals surface area contributed by atoms with Crippen LogP contribution in [0.5, 0.6) is 0 Å². The van der Waals surface area contributed by atoms with Gasteiger partial charge in [0.1, 0.15) is 5.82 Å². The molecule has 0 saturated heterocycles. The Hall–Kier alpha value is -0.146. The molecule has 0 atom stereocenters. The number of hydrogen-bond donors (Lipinski definition) is 1. The molecule has 1 N–H and O–H groups in total. The molecule has 2 aromatic heterocycles. The Morgan fingerprint density at radius 2 is 2.00 bits per heavy atom. The van der Waals surface area contributed by atoms with Gasteiger partial charge in [0, 0.05) is 38.4 Å². The number of nitrogens with zero attached hydrogens (tertiary/aromatic N) is 2. The Labute approximate surface area is 96.4 Å². The number of aryl methyl sites for hydroxylation is 3. The topological polar surface area (TPSA) is 33.1 Å². The van der Waals surface area contributed by atoms with Crippen LogP contribution in [0, 0.1) is 26.8 Å². The molecular formula is C8H10N3Y-. The first kappa shape index (κ1) is 9.94. The number of fused-ring (bicyclic) bond motifs is 1. The predicted molar refractivity (Wildman–Crippen MR) is 42.6 cm³/mol. The summed E-state index contributed by atoms with van der Waals surface area (Å²) in [5.41, 5.74) is 3.22. The largest absolute Gasteiger partial charge is 0.338 e. The summed E-state index contributed by atoms with van der Waals surface area (Å²) in [5.74, 6) is 0.930. The predicted octanol–water partition coefficient (Wildman–Crippen LogP) is 1.39. The van der Waals surface area contributed by atoms with Gasteiger partial charge in [0.2, 0.25) is 0 Å². The summed E-state index contributed by atoms with van der Waals surface area (Å²) >= 11 is 0. The Balaban J connectivity index is 0.000000720. The Kier molecular flexibility index (Phi) is 2.74. The molecule has 0 unspecified atom stereocenters. The number of nitrogens with one attached hydrogen (secondary N) is 1. The van der Waals surface area contributed by atoms with Crippen LogP contribution in [0.25, 0.3) is 5.65 Å². The Bertz CT molecular complexity index is 400. The second-order valence-electron chi connectivity index (χ2n) is 2.80. The molecule has 61 valence electrons. The standard InChI is InChI=1S/C8H10N3.Y/c1-5-4-8-9-7(3)10-11(8)6(5)2;/h1-3H3,(H,9,10);/q-1;. The van der Waals surface area contributed by atoms with Crippen LogP contribution in [-0.2, 0) is 32.7 Å². The van der Waals surface area contributed by atoms with E-state index in [1.807, 2.05) is 18.4 Å². The van der Waals surface area contributed by atoms with Crippen LogP contribution in [-0.4, -0.2) is 14.6 Å². The van der Waals surface area contributed by atoms with Gasteiger partial charge in [0.05, 0.1) is 0 Å². The summed E-state index contributed by atoms with van der Waals surface area (Å²) in [6.07, 6.45) is 0. The monoisotopic (exact) mass is 237 g/mol. The third kappa shape index (κ3) is 1.36. The normalized spacial score (nSPS) is 10.2. The van der Waals surface area contributed by atoms with E-state index in [1.165, 1.54) is 5.69 Å². The minimum Gasteiger partial charge on any atom is -0.338 e. The van der Waals surface area contributed by atoms with Gasteiger partial charge in [0.25, 0.3) is 0 Å². The quantitative estimate of drug-likeness (QED) is 0.690. The van der Waals surface area contributed by atoms with Gasteiger partial charge in [-0.25, -0.2) is 4.98 Å². The van der Waals surface area contributed by atoms with Crippen molar-refractivity contribution in [1.82, 2.24) is 14.6 Å². The smallest absolute Gasteiger partial charge is 0.117 e. The van der Waals surface area contributed by atoms with Gasteiger partial charge in [-0.2, -0.15) is 11.6 Å². The maximum atomic E-state index is 4.25. The zero-order chi connectivity index (χ0) is 8.01. The summed E-state index contributed by atoms with van der Waals surface area (Å²) in [5, 5.41) is 3.12. The van der Waals surface area contributed by atoms with E-state index in [0.29, 0.717) is 0 Å². The van der Waals surface area contributed by atoms with Crippen LogP contribution in [0.4, 0.5) is 0 Å². The van der Waals surface area contributed by atoms with Crippen molar-refractivity contribution in [3.8, 4) is 0 Å². The van der Waals surface area contributed by atoms with E-state index in [2.05, 4.69) is 23.1 Å². The number of aromatic amines is 1. The minimum absolute atomic E-state index is 0. The fraction of sp³-hybridized carbons (Fsp3) is 0.375. The average Bonchev–Trinajstić information content (AvgIpc) is 2.37. The second-order valence-corrected chi connectivity index (χ2v) is 2.80. The van der Waals surface area contributed by atoms with Crippen LogP contribution < -0.4 is 0 Å². The molecule has 0 amide bonds. The van der Waals surface area contributed by atoms with E-state index in [1.54, 1.807) is 0 Å². The maximum Gasteiger partial charge on any atom is 0.117 e. The molecule has 0 fully saturated rings. The summed E-state index contributed by atoms with van der Waals surface area (Å²) in [6.45, 7) is 6.03. The molecule has 0 spiro atoms. The fourth-order valence-electron chi connectivity index (χ4n) is 1.20. The van der Waals surface area contributed by atoms with E-state index >= 15 is 0 Å². The van der Waals surface area contributed by atoms with Gasteiger partial charge in [0.15, 0.2) is 0 Å². The zero-order valence-corrected chi connectivity index (χ0v) is 10.3. The molecule has 0 bridgehead atoms. The molecule has 0 saturated carbocycles. The van der Waals surface area contributed by atoms with Gasteiger partial charge < -0.3 is 4.52 Å². The summed E-state index contributed by atoms with van der Waals surface area (Å²) in [6, 6.07) is 3.17. The first-order chi connectivity index (χ1) is 5.18. The van der Waals surface area contributed by atoms with Crippen molar-refractivity contribution in [2.24, 2.45) is 0 Å². The molecule has 3 nitrogen and oxygen atoms in total. The Morgan fingerprint density at radius 3 is 2.58 bits per heavy atom. The summed E-state index contributed by atoms with van der Waals surface area (Å²) in [7, 11) is 0. The molecule has 1 radical (unpaired) electrons. The molecule has 0 aromatic carbocycles. The number of aromatic nitrogens is 3. The van der Waals surface area contributed by atoms with Crippen LogP contribution in [0.15, 0.2) is 0 Å². The zero-order valence-electron chi connectivity index (χ0n) is 7.47.